The van der Waals surface area contributed by atoms with E-state index in [9.17, 15) is 24.0 Å². The number of nitrogens with one attached hydrogen (secondary N) is 2. The molecule has 0 aromatic rings. The van der Waals surface area contributed by atoms with Gasteiger partial charge in [-0.05, 0) is 18.8 Å². The van der Waals surface area contributed by atoms with E-state index in [0.717, 1.165) is 0 Å². The van der Waals surface area contributed by atoms with Crippen LogP contribution in [-0.4, -0.2) is 63.2 Å². The van der Waals surface area contributed by atoms with Gasteiger partial charge < -0.3 is 31.7 Å². The molecule has 0 aliphatic heterocycles. The Kier molecular flexibility index (Phi) is 9.89. The topological polar surface area (TPSA) is 196 Å². The highest BCUT2D eigenvalue weighted by molar-refractivity contribution is 5.94. The zero-order chi connectivity index (χ0) is 20.4. The second kappa shape index (κ2) is 11.0. The smallest absolute Gasteiger partial charge is 0.326 e. The van der Waals surface area contributed by atoms with Gasteiger partial charge in [0, 0.05) is 6.42 Å². The Hall–Kier alpha value is -2.69. The van der Waals surface area contributed by atoms with Crippen LogP contribution >= 0.6 is 0 Å². The molecule has 0 bridgehead atoms. The second-order valence-electron chi connectivity index (χ2n) is 6.23. The molecule has 0 radical (unpaired) electrons. The molecule has 0 aromatic carbocycles. The van der Waals surface area contributed by atoms with Crippen LogP contribution in [0.3, 0.4) is 0 Å². The maximum Gasteiger partial charge on any atom is 0.326 e. The SMILES string of the molecule is CC(C)C[C@H](N)C(=O)N[C@@H](CC(=O)O)C(=O)N[C@@H](CCC(=O)O)C(=O)O. The molecule has 7 N–H and O–H groups in total. The number of nitrogens with two attached hydrogens (primary N) is 1. The number of aliphatic carboxylic acids is 3. The van der Waals surface area contributed by atoms with Gasteiger partial charge in [-0.25, -0.2) is 4.79 Å². The first-order valence-corrected chi connectivity index (χ1v) is 7.96. The zero-order valence-corrected chi connectivity index (χ0v) is 14.6. The summed E-state index contributed by atoms with van der Waals surface area (Å²) in [5, 5.41) is 30.8. The number of amides is 2. The molecule has 2 amide bonds. The van der Waals surface area contributed by atoms with Crippen molar-refractivity contribution in [3.63, 3.8) is 0 Å². The molecular weight excluding hydrogens is 350 g/mol. The predicted octanol–water partition coefficient (Wildman–Crippen LogP) is -1.25. The summed E-state index contributed by atoms with van der Waals surface area (Å²) in [6.07, 6.45) is -1.37. The summed E-state index contributed by atoms with van der Waals surface area (Å²) >= 11 is 0. The largest absolute Gasteiger partial charge is 0.481 e. The molecule has 3 atom stereocenters. The van der Waals surface area contributed by atoms with E-state index in [1.807, 2.05) is 19.2 Å². The van der Waals surface area contributed by atoms with E-state index in [-0.39, 0.29) is 5.92 Å². The fourth-order valence-electron chi connectivity index (χ4n) is 2.08. The van der Waals surface area contributed by atoms with Gasteiger partial charge in [0.15, 0.2) is 0 Å². The van der Waals surface area contributed by atoms with Crippen LogP contribution in [0.2, 0.25) is 0 Å². The third kappa shape index (κ3) is 9.57. The Morgan fingerprint density at radius 2 is 1.42 bits per heavy atom. The Morgan fingerprint density at radius 1 is 0.885 bits per heavy atom. The molecule has 0 saturated heterocycles. The van der Waals surface area contributed by atoms with Crippen LogP contribution in [0, 0.1) is 5.92 Å². The van der Waals surface area contributed by atoms with Crippen LogP contribution in [0.1, 0.15) is 39.5 Å². The van der Waals surface area contributed by atoms with E-state index < -0.39 is 67.1 Å². The molecule has 148 valence electrons. The summed E-state index contributed by atoms with van der Waals surface area (Å²) in [7, 11) is 0. The summed E-state index contributed by atoms with van der Waals surface area (Å²) in [4.78, 5) is 56.8. The molecule has 0 fully saturated rings. The van der Waals surface area contributed by atoms with Crippen LogP contribution in [0.15, 0.2) is 0 Å². The lowest BCUT2D eigenvalue weighted by molar-refractivity contribution is -0.144. The van der Waals surface area contributed by atoms with Gasteiger partial charge in [0.2, 0.25) is 11.8 Å². The molecule has 0 unspecified atom stereocenters. The number of carbonyl (C=O) groups excluding carboxylic acids is 2. The Bertz CT molecular complexity index is 549. The highest BCUT2D eigenvalue weighted by Gasteiger charge is 2.29. The summed E-state index contributed by atoms with van der Waals surface area (Å²) in [6, 6.07) is -4.03. The molecule has 0 aliphatic carbocycles. The predicted molar refractivity (Wildman–Crippen MR) is 88.1 cm³/mol. The lowest BCUT2D eigenvalue weighted by Crippen LogP contribution is -2.55. The summed E-state index contributed by atoms with van der Waals surface area (Å²) < 4.78 is 0. The summed E-state index contributed by atoms with van der Waals surface area (Å²) in [5.41, 5.74) is 5.68. The first-order chi connectivity index (χ1) is 11.9. The van der Waals surface area contributed by atoms with Crippen molar-refractivity contribution >= 4 is 29.7 Å². The molecular formula is C15H25N3O8. The first kappa shape index (κ1) is 23.3. The first-order valence-electron chi connectivity index (χ1n) is 7.96. The fourth-order valence-corrected chi connectivity index (χ4v) is 2.08. The average Bonchev–Trinajstić information content (AvgIpc) is 2.48. The lowest BCUT2D eigenvalue weighted by Gasteiger charge is -2.22. The van der Waals surface area contributed by atoms with E-state index in [1.54, 1.807) is 0 Å². The molecule has 11 nitrogen and oxygen atoms in total. The average molecular weight is 375 g/mol. The van der Waals surface area contributed by atoms with Gasteiger partial charge in [-0.2, -0.15) is 0 Å². The minimum absolute atomic E-state index is 0.0925. The van der Waals surface area contributed by atoms with E-state index in [2.05, 4.69) is 5.32 Å². The number of carboxylic acid groups (broad SMARTS) is 3. The Morgan fingerprint density at radius 3 is 1.85 bits per heavy atom. The van der Waals surface area contributed by atoms with Gasteiger partial charge in [0.25, 0.3) is 0 Å². The van der Waals surface area contributed by atoms with Crippen LogP contribution < -0.4 is 16.4 Å². The van der Waals surface area contributed by atoms with Crippen LogP contribution in [-0.2, 0) is 24.0 Å². The van der Waals surface area contributed by atoms with Crippen molar-refractivity contribution in [3.05, 3.63) is 0 Å². The lowest BCUT2D eigenvalue weighted by atomic mass is 10.0. The molecule has 0 aliphatic rings. The Labute approximate surface area is 149 Å². The standard InChI is InChI=1S/C15H25N3O8/c1-7(2)5-8(16)13(23)18-10(6-12(21)22)14(24)17-9(15(25)26)3-4-11(19)20/h7-10H,3-6,16H2,1-2H3,(H,17,24)(H,18,23)(H,19,20)(H,21,22)(H,25,26)/t8-,9-,10-/m0/s1. The zero-order valence-electron chi connectivity index (χ0n) is 14.6. The molecule has 0 heterocycles. The minimum atomic E-state index is -1.54. The molecule has 0 rings (SSSR count). The molecule has 0 spiro atoms. The fraction of sp³-hybridized carbons (Fsp3) is 0.667. The minimum Gasteiger partial charge on any atom is -0.481 e. The highest BCUT2D eigenvalue weighted by Crippen LogP contribution is 2.05. The van der Waals surface area contributed by atoms with E-state index >= 15 is 0 Å². The van der Waals surface area contributed by atoms with Crippen LogP contribution in [0.25, 0.3) is 0 Å². The highest BCUT2D eigenvalue weighted by atomic mass is 16.4. The van der Waals surface area contributed by atoms with Crippen molar-refractivity contribution in [2.24, 2.45) is 11.7 Å². The van der Waals surface area contributed by atoms with Crippen molar-refractivity contribution in [3.8, 4) is 0 Å². The van der Waals surface area contributed by atoms with Gasteiger partial charge in [0.05, 0.1) is 12.5 Å². The molecule has 11 heteroatoms. The van der Waals surface area contributed by atoms with E-state index in [1.165, 1.54) is 0 Å². The quantitative estimate of drug-likeness (QED) is 0.241. The third-order valence-corrected chi connectivity index (χ3v) is 3.34. The van der Waals surface area contributed by atoms with Gasteiger partial charge in [-0.1, -0.05) is 13.8 Å². The van der Waals surface area contributed by atoms with Gasteiger partial charge in [0.1, 0.15) is 12.1 Å². The molecule has 0 saturated carbocycles. The molecule has 26 heavy (non-hydrogen) atoms. The van der Waals surface area contributed by atoms with Gasteiger partial charge in [-0.15, -0.1) is 0 Å². The summed E-state index contributed by atoms with van der Waals surface area (Å²) in [6.45, 7) is 3.66. The number of carbonyl (C=O) groups is 5. The number of carboxylic acids is 3. The number of hydrogen-bond donors (Lipinski definition) is 6. The van der Waals surface area contributed by atoms with Crippen LogP contribution in [0.5, 0.6) is 0 Å². The van der Waals surface area contributed by atoms with Crippen molar-refractivity contribution in [2.45, 2.75) is 57.7 Å². The van der Waals surface area contributed by atoms with E-state index in [4.69, 9.17) is 21.1 Å². The number of hydrogen-bond acceptors (Lipinski definition) is 6. The van der Waals surface area contributed by atoms with Crippen molar-refractivity contribution in [1.82, 2.24) is 10.6 Å². The summed E-state index contributed by atoms with van der Waals surface area (Å²) in [5.74, 6) is -5.81. The third-order valence-electron chi connectivity index (χ3n) is 3.34. The van der Waals surface area contributed by atoms with Crippen LogP contribution in [0.4, 0.5) is 0 Å². The maximum absolute atomic E-state index is 12.2. The van der Waals surface area contributed by atoms with Crippen molar-refractivity contribution in [1.29, 1.82) is 0 Å². The molecule has 0 aromatic heterocycles. The number of rotatable bonds is 12. The Balaban J connectivity index is 5.05. The second-order valence-corrected chi connectivity index (χ2v) is 6.23. The normalized spacial score (nSPS) is 14.2. The monoisotopic (exact) mass is 375 g/mol. The maximum atomic E-state index is 12.2. The van der Waals surface area contributed by atoms with Crippen molar-refractivity contribution in [2.75, 3.05) is 0 Å². The van der Waals surface area contributed by atoms with Gasteiger partial charge >= 0.3 is 17.9 Å². The van der Waals surface area contributed by atoms with Crippen molar-refractivity contribution < 1.29 is 39.3 Å². The van der Waals surface area contributed by atoms with Gasteiger partial charge in [-0.3, -0.25) is 19.2 Å². The van der Waals surface area contributed by atoms with E-state index in [0.29, 0.717) is 6.42 Å².